The van der Waals surface area contributed by atoms with Crippen molar-refractivity contribution in [2.75, 3.05) is 11.9 Å². The molecule has 0 heterocycles. The van der Waals surface area contributed by atoms with Crippen LogP contribution in [0.1, 0.15) is 29.8 Å². The summed E-state index contributed by atoms with van der Waals surface area (Å²) in [5.74, 6) is -0.844. The molecule has 0 radical (unpaired) electrons. The molecule has 0 unspecified atom stereocenters. The fraction of sp³-hybridized carbons (Fsp3) is 0.148. The van der Waals surface area contributed by atoms with Gasteiger partial charge in [0.15, 0.2) is 0 Å². The van der Waals surface area contributed by atoms with Crippen LogP contribution in [0, 0.1) is 0 Å². The number of amides is 1. The average Bonchev–Trinajstić information content (AvgIpc) is 2.89. The molecule has 0 saturated carbocycles. The van der Waals surface area contributed by atoms with Crippen molar-refractivity contribution in [3.63, 3.8) is 0 Å². The van der Waals surface area contributed by atoms with Gasteiger partial charge in [-0.3, -0.25) is 9.35 Å². The number of hydrogen-bond acceptors (Lipinski definition) is 7. The number of carbonyl (C=O) groups excluding carboxylic acids is 1. The number of anilines is 1. The van der Waals surface area contributed by atoms with E-state index in [0.717, 1.165) is 6.07 Å². The van der Waals surface area contributed by atoms with Crippen LogP contribution >= 0.6 is 23.2 Å². The van der Waals surface area contributed by atoms with Crippen molar-refractivity contribution in [3.8, 4) is 11.5 Å². The summed E-state index contributed by atoms with van der Waals surface area (Å²) < 4.78 is 38.3. The van der Waals surface area contributed by atoms with E-state index in [1.54, 1.807) is 49.4 Å². The van der Waals surface area contributed by atoms with Gasteiger partial charge in [0.05, 0.1) is 32.9 Å². The summed E-state index contributed by atoms with van der Waals surface area (Å²) in [4.78, 5) is 12.8. The molecule has 2 N–H and O–H groups in total. The van der Waals surface area contributed by atoms with Crippen LogP contribution in [-0.4, -0.2) is 25.5 Å². The fourth-order valence-corrected chi connectivity index (χ4v) is 5.19. The number of nitrogens with zero attached hydrogens (tertiary/aromatic N) is 2. The molecule has 0 aliphatic carbocycles. The van der Waals surface area contributed by atoms with Gasteiger partial charge in [-0.2, -0.15) is 13.5 Å². The molecule has 0 atom stereocenters. The number of halogens is 2. The maximum absolute atomic E-state index is 13.4. The number of carbonyl (C=O) groups is 1. The SMILES string of the molecule is CCOc1ccc(NC(=O)c2cc3ccccc3c(N=Nc3cc(CC)c(S(=O)(=O)O)cc3Cl)c2[O-])c(Cl)c1.[Na+]. The second kappa shape index (κ2) is 13.3. The van der Waals surface area contributed by atoms with Crippen LogP contribution in [0.15, 0.2) is 75.8 Å². The van der Waals surface area contributed by atoms with E-state index in [2.05, 4.69) is 15.5 Å². The van der Waals surface area contributed by atoms with Crippen LogP contribution in [0.25, 0.3) is 10.8 Å². The molecule has 9 nitrogen and oxygen atoms in total. The third-order valence-corrected chi connectivity index (χ3v) is 7.32. The van der Waals surface area contributed by atoms with E-state index in [4.69, 9.17) is 27.9 Å². The monoisotopic (exact) mass is 609 g/mol. The second-order valence-electron chi connectivity index (χ2n) is 8.29. The molecule has 0 aliphatic rings. The van der Waals surface area contributed by atoms with Gasteiger partial charge in [-0.05, 0) is 54.6 Å². The zero-order valence-corrected chi connectivity index (χ0v) is 26.1. The third kappa shape index (κ3) is 6.95. The summed E-state index contributed by atoms with van der Waals surface area (Å²) in [6.45, 7) is 3.98. The molecule has 0 aliphatic heterocycles. The van der Waals surface area contributed by atoms with Crippen LogP contribution in [0.3, 0.4) is 0 Å². The normalized spacial score (nSPS) is 11.4. The molecule has 4 aromatic rings. The van der Waals surface area contributed by atoms with Gasteiger partial charge in [0.1, 0.15) is 11.4 Å². The summed E-state index contributed by atoms with van der Waals surface area (Å²) in [7, 11) is -4.50. The van der Waals surface area contributed by atoms with Crippen LogP contribution < -0.4 is 44.7 Å². The molecular weight excluding hydrogens is 588 g/mol. The maximum atomic E-state index is 13.4. The van der Waals surface area contributed by atoms with E-state index in [9.17, 15) is 22.9 Å². The zero-order chi connectivity index (χ0) is 28.3. The number of hydrogen-bond donors (Lipinski definition) is 2. The van der Waals surface area contributed by atoms with Gasteiger partial charge in [0, 0.05) is 17.0 Å². The first-order valence-corrected chi connectivity index (χ1v) is 13.9. The van der Waals surface area contributed by atoms with E-state index in [1.165, 1.54) is 12.1 Å². The fourth-order valence-electron chi connectivity index (χ4n) is 3.90. The Labute approximate surface area is 263 Å². The van der Waals surface area contributed by atoms with Gasteiger partial charge < -0.3 is 15.2 Å². The molecule has 0 spiro atoms. The zero-order valence-electron chi connectivity index (χ0n) is 21.7. The molecular formula is C27H22Cl2N3NaO6S. The minimum atomic E-state index is -4.50. The van der Waals surface area contributed by atoms with Crippen molar-refractivity contribution in [2.24, 2.45) is 10.2 Å². The number of azo groups is 1. The van der Waals surface area contributed by atoms with Crippen molar-refractivity contribution in [1.82, 2.24) is 0 Å². The Balaban J connectivity index is 0.00000441. The van der Waals surface area contributed by atoms with Crippen LogP contribution in [-0.2, 0) is 16.5 Å². The number of benzene rings is 4. The number of ether oxygens (including phenoxy) is 1. The van der Waals surface area contributed by atoms with E-state index in [-0.39, 0.29) is 73.4 Å². The first kappa shape index (κ1) is 31.8. The summed E-state index contributed by atoms with van der Waals surface area (Å²) in [6, 6.07) is 15.5. The topological polar surface area (TPSA) is 140 Å². The molecule has 0 bridgehead atoms. The minimum absolute atomic E-state index is 0. The Morgan fingerprint density at radius 3 is 2.40 bits per heavy atom. The average molecular weight is 610 g/mol. The molecule has 0 fully saturated rings. The van der Waals surface area contributed by atoms with Gasteiger partial charge in [-0.15, -0.1) is 5.11 Å². The van der Waals surface area contributed by atoms with Gasteiger partial charge in [0.25, 0.3) is 16.0 Å². The summed E-state index contributed by atoms with van der Waals surface area (Å²) in [5.41, 5.74) is 0.348. The molecule has 4 rings (SSSR count). The van der Waals surface area contributed by atoms with Gasteiger partial charge >= 0.3 is 29.6 Å². The minimum Gasteiger partial charge on any atom is -0.870 e. The van der Waals surface area contributed by atoms with Gasteiger partial charge in [-0.1, -0.05) is 60.1 Å². The number of aryl methyl sites for hydroxylation is 1. The second-order valence-corrected chi connectivity index (χ2v) is 10.5. The first-order valence-electron chi connectivity index (χ1n) is 11.7. The summed E-state index contributed by atoms with van der Waals surface area (Å²) in [6.07, 6.45) is 0.258. The third-order valence-electron chi connectivity index (χ3n) is 5.77. The Morgan fingerprint density at radius 1 is 1.02 bits per heavy atom. The summed E-state index contributed by atoms with van der Waals surface area (Å²) in [5, 5.41) is 25.5. The Morgan fingerprint density at radius 2 is 1.75 bits per heavy atom. The van der Waals surface area contributed by atoms with E-state index < -0.39 is 21.8 Å². The Bertz CT molecular complexity index is 1730. The van der Waals surface area contributed by atoms with Crippen LogP contribution in [0.4, 0.5) is 17.1 Å². The van der Waals surface area contributed by atoms with Crippen molar-refractivity contribution in [2.45, 2.75) is 25.2 Å². The van der Waals surface area contributed by atoms with Gasteiger partial charge in [-0.25, -0.2) is 0 Å². The van der Waals surface area contributed by atoms with E-state index in [1.807, 2.05) is 6.92 Å². The largest absolute Gasteiger partial charge is 1.00 e. The molecule has 1 amide bonds. The van der Waals surface area contributed by atoms with Gasteiger partial charge in [0.2, 0.25) is 0 Å². The quantitative estimate of drug-likeness (QED) is 0.175. The van der Waals surface area contributed by atoms with Crippen molar-refractivity contribution < 1.29 is 57.2 Å². The first-order chi connectivity index (χ1) is 18.5. The Hall–Kier alpha value is -2.70. The van der Waals surface area contributed by atoms with Crippen molar-refractivity contribution in [1.29, 1.82) is 0 Å². The van der Waals surface area contributed by atoms with Crippen molar-refractivity contribution >= 4 is 67.1 Å². The molecule has 40 heavy (non-hydrogen) atoms. The molecule has 13 heteroatoms. The number of rotatable bonds is 8. The number of nitrogens with one attached hydrogen (secondary N) is 1. The Kier molecular flexibility index (Phi) is 10.6. The van der Waals surface area contributed by atoms with Crippen LogP contribution in [0.5, 0.6) is 11.5 Å². The van der Waals surface area contributed by atoms with Crippen molar-refractivity contribution in [3.05, 3.63) is 81.8 Å². The summed E-state index contributed by atoms with van der Waals surface area (Å²) >= 11 is 12.5. The maximum Gasteiger partial charge on any atom is 1.00 e. The molecule has 0 saturated heterocycles. The predicted octanol–water partition coefficient (Wildman–Crippen LogP) is 4.10. The van der Waals surface area contributed by atoms with E-state index in [0.29, 0.717) is 28.8 Å². The molecule has 4 aromatic carbocycles. The standard InChI is InChI=1S/C27H23Cl2N3O6S.Na/c1-3-15-12-23(21(29)14-24(15)39(35,36)37)31-32-25-18-8-6-5-7-16(18)11-19(26(25)33)27(34)30-22-10-9-17(38-4-2)13-20(22)28;/h5-14,33H,3-4H2,1-2H3,(H,30,34)(H,35,36,37);/q;+1/p-1. The predicted molar refractivity (Wildman–Crippen MR) is 149 cm³/mol. The molecule has 0 aromatic heterocycles. The number of fused-ring (bicyclic) bond motifs is 1. The smallest absolute Gasteiger partial charge is 0.870 e. The van der Waals surface area contributed by atoms with E-state index >= 15 is 0 Å². The van der Waals surface area contributed by atoms with Crippen LogP contribution in [0.2, 0.25) is 10.0 Å². The molecule has 202 valence electrons.